The molecule has 1 aromatic carbocycles. The predicted molar refractivity (Wildman–Crippen MR) is 91.2 cm³/mol. The van der Waals surface area contributed by atoms with E-state index in [0.29, 0.717) is 11.4 Å². The molecule has 0 atom stereocenters. The molecule has 1 aromatic heterocycles. The molecule has 2 N–H and O–H groups in total. The number of carbonyl (C=O) groups excluding carboxylic acids is 1. The van der Waals surface area contributed by atoms with Gasteiger partial charge in [0.15, 0.2) is 0 Å². The van der Waals surface area contributed by atoms with Crippen molar-refractivity contribution in [1.82, 2.24) is 9.13 Å². The molecule has 0 aliphatic rings. The normalized spacial score (nSPS) is 11.4. The van der Waals surface area contributed by atoms with E-state index in [2.05, 4.69) is 10.3 Å². The lowest BCUT2D eigenvalue weighted by molar-refractivity contribution is -0.114. The van der Waals surface area contributed by atoms with E-state index >= 15 is 0 Å². The van der Waals surface area contributed by atoms with Crippen molar-refractivity contribution in [2.75, 3.05) is 5.32 Å². The molecule has 0 aliphatic heterocycles. The highest BCUT2D eigenvalue weighted by Gasteiger charge is 2.17. The standard InChI is InChI=1S/C16H18N4O4/c1-9(13-14(22)19(3)16(24)20(4)15(13)23)17-11-5-7-12(8-6-11)18-10(2)21/h5-8,22H,1-4H3,(H,18,21). The molecule has 0 radical (unpaired) electrons. The highest BCUT2D eigenvalue weighted by Crippen LogP contribution is 2.19. The van der Waals surface area contributed by atoms with Crippen LogP contribution in [0.2, 0.25) is 0 Å². The summed E-state index contributed by atoms with van der Waals surface area (Å²) in [5.74, 6) is -0.611. The van der Waals surface area contributed by atoms with E-state index in [1.54, 1.807) is 31.2 Å². The summed E-state index contributed by atoms with van der Waals surface area (Å²) in [4.78, 5) is 39.3. The van der Waals surface area contributed by atoms with Crippen LogP contribution in [-0.4, -0.2) is 25.9 Å². The number of hydrogen-bond acceptors (Lipinski definition) is 5. The summed E-state index contributed by atoms with van der Waals surface area (Å²) < 4.78 is 1.89. The van der Waals surface area contributed by atoms with Crippen LogP contribution in [-0.2, 0) is 18.9 Å². The number of anilines is 1. The SMILES string of the molecule is CC(=O)Nc1ccc(N=C(C)c2c(O)n(C)c(=O)n(C)c2=O)cc1. The first-order chi connectivity index (χ1) is 11.2. The maximum absolute atomic E-state index is 12.2. The van der Waals surface area contributed by atoms with Crippen LogP contribution in [0.15, 0.2) is 38.8 Å². The topological polar surface area (TPSA) is 106 Å². The van der Waals surface area contributed by atoms with Gasteiger partial charge in [-0.3, -0.25) is 23.7 Å². The summed E-state index contributed by atoms with van der Waals surface area (Å²) in [5, 5.41) is 12.7. The number of aliphatic imine (C=N–C) groups is 1. The number of nitrogens with zero attached hydrogens (tertiary/aromatic N) is 3. The molecule has 1 heterocycles. The molecule has 2 rings (SSSR count). The second-order valence-corrected chi connectivity index (χ2v) is 5.33. The molecule has 1 amide bonds. The van der Waals surface area contributed by atoms with Crippen molar-refractivity contribution in [3.63, 3.8) is 0 Å². The lowest BCUT2D eigenvalue weighted by atomic mass is 10.2. The first kappa shape index (κ1) is 17.2. The quantitative estimate of drug-likeness (QED) is 0.815. The molecule has 0 saturated heterocycles. The minimum Gasteiger partial charge on any atom is -0.494 e. The van der Waals surface area contributed by atoms with Gasteiger partial charge in [-0.15, -0.1) is 0 Å². The summed E-state index contributed by atoms with van der Waals surface area (Å²) in [5.41, 5.74) is 0.166. The number of nitrogens with one attached hydrogen (secondary N) is 1. The molecule has 0 saturated carbocycles. The molecule has 0 spiro atoms. The smallest absolute Gasteiger partial charge is 0.333 e. The minimum absolute atomic E-state index is 0.0365. The fourth-order valence-electron chi connectivity index (χ4n) is 2.22. The monoisotopic (exact) mass is 330 g/mol. The van der Waals surface area contributed by atoms with Gasteiger partial charge in [0.25, 0.3) is 5.56 Å². The molecular weight excluding hydrogens is 312 g/mol. The summed E-state index contributed by atoms with van der Waals surface area (Å²) in [6.45, 7) is 2.98. The number of carbonyl (C=O) groups is 1. The third kappa shape index (κ3) is 3.27. The van der Waals surface area contributed by atoms with E-state index in [1.807, 2.05) is 0 Å². The number of aromatic nitrogens is 2. The molecule has 24 heavy (non-hydrogen) atoms. The van der Waals surface area contributed by atoms with Gasteiger partial charge in [-0.25, -0.2) is 4.79 Å². The largest absolute Gasteiger partial charge is 0.494 e. The van der Waals surface area contributed by atoms with Crippen LogP contribution < -0.4 is 16.6 Å². The maximum atomic E-state index is 12.2. The molecule has 8 nitrogen and oxygen atoms in total. The molecule has 126 valence electrons. The Bertz CT molecular complexity index is 936. The van der Waals surface area contributed by atoms with Crippen LogP contribution in [0.1, 0.15) is 19.4 Å². The summed E-state index contributed by atoms with van der Waals surface area (Å²) >= 11 is 0. The van der Waals surface area contributed by atoms with Gasteiger partial charge >= 0.3 is 5.69 Å². The third-order valence-electron chi connectivity index (χ3n) is 3.48. The Morgan fingerprint density at radius 2 is 1.67 bits per heavy atom. The number of rotatable bonds is 3. The van der Waals surface area contributed by atoms with Crippen molar-refractivity contribution in [1.29, 1.82) is 0 Å². The van der Waals surface area contributed by atoms with E-state index in [0.717, 1.165) is 9.13 Å². The van der Waals surface area contributed by atoms with E-state index in [4.69, 9.17) is 0 Å². The number of benzene rings is 1. The zero-order valence-electron chi connectivity index (χ0n) is 13.8. The van der Waals surface area contributed by atoms with Crippen molar-refractivity contribution >= 4 is 23.0 Å². The Kier molecular flexibility index (Phi) is 4.68. The Labute approximate surface area is 137 Å². The van der Waals surface area contributed by atoms with E-state index in [9.17, 15) is 19.5 Å². The summed E-state index contributed by atoms with van der Waals surface area (Å²) in [6.07, 6.45) is 0. The molecule has 8 heteroatoms. The zero-order valence-corrected chi connectivity index (χ0v) is 13.8. The van der Waals surface area contributed by atoms with E-state index < -0.39 is 17.1 Å². The van der Waals surface area contributed by atoms with Gasteiger partial charge in [-0.05, 0) is 31.2 Å². The van der Waals surface area contributed by atoms with E-state index in [1.165, 1.54) is 21.0 Å². The molecule has 0 bridgehead atoms. The minimum atomic E-state index is -0.619. The molecular formula is C16H18N4O4. The van der Waals surface area contributed by atoms with Crippen LogP contribution >= 0.6 is 0 Å². The number of hydrogen-bond donors (Lipinski definition) is 2. The van der Waals surface area contributed by atoms with E-state index in [-0.39, 0.29) is 17.2 Å². The highest BCUT2D eigenvalue weighted by atomic mass is 16.3. The van der Waals surface area contributed by atoms with Gasteiger partial charge in [-0.2, -0.15) is 0 Å². The van der Waals surface area contributed by atoms with Crippen LogP contribution in [0.5, 0.6) is 5.88 Å². The average Bonchev–Trinajstić information content (AvgIpc) is 2.52. The lowest BCUT2D eigenvalue weighted by Crippen LogP contribution is -2.39. The Morgan fingerprint density at radius 1 is 1.08 bits per heavy atom. The van der Waals surface area contributed by atoms with Gasteiger partial charge in [0.05, 0.1) is 11.4 Å². The number of aromatic hydroxyl groups is 1. The summed E-state index contributed by atoms with van der Waals surface area (Å²) in [6, 6.07) is 6.68. The van der Waals surface area contributed by atoms with Crippen LogP contribution in [0.25, 0.3) is 0 Å². The van der Waals surface area contributed by atoms with Crippen molar-refractivity contribution < 1.29 is 9.90 Å². The third-order valence-corrected chi connectivity index (χ3v) is 3.48. The summed E-state index contributed by atoms with van der Waals surface area (Å²) in [7, 11) is 2.71. The first-order valence-electron chi connectivity index (χ1n) is 7.14. The van der Waals surface area contributed by atoms with Gasteiger partial charge in [0, 0.05) is 26.7 Å². The lowest BCUT2D eigenvalue weighted by Gasteiger charge is -2.10. The zero-order chi connectivity index (χ0) is 18.0. The van der Waals surface area contributed by atoms with Gasteiger partial charge < -0.3 is 10.4 Å². The highest BCUT2D eigenvalue weighted by molar-refractivity contribution is 6.01. The van der Waals surface area contributed by atoms with Gasteiger partial charge in [0.2, 0.25) is 11.8 Å². The Morgan fingerprint density at radius 3 is 2.21 bits per heavy atom. The number of amides is 1. The maximum Gasteiger partial charge on any atom is 0.333 e. The Hall–Kier alpha value is -3.16. The molecule has 0 unspecified atom stereocenters. The van der Waals surface area contributed by atoms with Crippen LogP contribution in [0.3, 0.4) is 0 Å². The van der Waals surface area contributed by atoms with Gasteiger partial charge in [0.1, 0.15) is 5.56 Å². The second-order valence-electron chi connectivity index (χ2n) is 5.33. The van der Waals surface area contributed by atoms with Crippen molar-refractivity contribution in [2.24, 2.45) is 19.1 Å². The van der Waals surface area contributed by atoms with Crippen molar-refractivity contribution in [3.05, 3.63) is 50.7 Å². The van der Waals surface area contributed by atoms with Gasteiger partial charge in [-0.1, -0.05) is 0 Å². The first-order valence-corrected chi connectivity index (χ1v) is 7.14. The fraction of sp³-hybridized carbons (Fsp3) is 0.250. The van der Waals surface area contributed by atoms with Crippen molar-refractivity contribution in [3.8, 4) is 5.88 Å². The molecule has 0 aliphatic carbocycles. The average molecular weight is 330 g/mol. The molecule has 2 aromatic rings. The predicted octanol–water partition coefficient (Wildman–Crippen LogP) is 0.889. The second kappa shape index (κ2) is 6.53. The Balaban J connectivity index is 2.47. The fourth-order valence-corrected chi connectivity index (χ4v) is 2.22. The van der Waals surface area contributed by atoms with Crippen LogP contribution in [0, 0.1) is 0 Å². The van der Waals surface area contributed by atoms with Crippen molar-refractivity contribution in [2.45, 2.75) is 13.8 Å². The molecule has 0 fully saturated rings. The van der Waals surface area contributed by atoms with Crippen LogP contribution in [0.4, 0.5) is 11.4 Å².